The highest BCUT2D eigenvalue weighted by molar-refractivity contribution is 7.91. The lowest BCUT2D eigenvalue weighted by Crippen LogP contribution is -2.15. The van der Waals surface area contributed by atoms with Crippen LogP contribution in [0.15, 0.2) is 65.7 Å². The van der Waals surface area contributed by atoms with Gasteiger partial charge in [0.15, 0.2) is 0 Å². The van der Waals surface area contributed by atoms with Gasteiger partial charge >= 0.3 is 0 Å². The van der Waals surface area contributed by atoms with Gasteiger partial charge in [-0.3, -0.25) is 9.71 Å². The van der Waals surface area contributed by atoms with Crippen LogP contribution in [-0.2, 0) is 22.3 Å². The van der Waals surface area contributed by atoms with Crippen molar-refractivity contribution >= 4 is 33.1 Å². The number of aliphatic imine (C=N–C) groups is 1. The summed E-state index contributed by atoms with van der Waals surface area (Å²) >= 11 is 6.40. The van der Waals surface area contributed by atoms with E-state index in [0.717, 1.165) is 5.56 Å². The van der Waals surface area contributed by atoms with Gasteiger partial charge in [0, 0.05) is 11.1 Å². The highest BCUT2D eigenvalue weighted by Crippen LogP contribution is 2.31. The molecule has 0 radical (unpaired) electrons. The molecule has 0 aliphatic carbocycles. The van der Waals surface area contributed by atoms with Gasteiger partial charge in [0.1, 0.15) is 11.5 Å². The summed E-state index contributed by atoms with van der Waals surface area (Å²) in [7, 11) is -3.55. The molecule has 4 rings (SSSR count). The summed E-state index contributed by atoms with van der Waals surface area (Å²) in [6, 6.07) is 17.7. The van der Waals surface area contributed by atoms with Gasteiger partial charge in [0.25, 0.3) is 0 Å². The van der Waals surface area contributed by atoms with Crippen LogP contribution < -0.4 is 10.5 Å². The largest absolute Gasteiger partial charge is 0.382 e. The van der Waals surface area contributed by atoms with Crippen LogP contribution in [0, 0.1) is 0 Å². The van der Waals surface area contributed by atoms with Gasteiger partial charge in [-0.15, -0.1) is 0 Å². The van der Waals surface area contributed by atoms with E-state index >= 15 is 0 Å². The lowest BCUT2D eigenvalue weighted by atomic mass is 10.1. The topological polar surface area (TPSA) is 97.4 Å². The predicted molar refractivity (Wildman–Crippen MR) is 112 cm³/mol. The number of hydrogen-bond donors (Lipinski definition) is 2. The van der Waals surface area contributed by atoms with E-state index in [0.29, 0.717) is 45.6 Å². The Kier molecular flexibility index (Phi) is 4.78. The molecule has 2 heterocycles. The smallest absolute Gasteiger partial charge is 0.236 e. The van der Waals surface area contributed by atoms with Gasteiger partial charge < -0.3 is 5.73 Å². The second-order valence-corrected chi connectivity index (χ2v) is 8.58. The molecule has 8 heteroatoms. The molecular weight excluding hydrogens is 396 g/mol. The van der Waals surface area contributed by atoms with Crippen molar-refractivity contribution in [2.75, 3.05) is 4.72 Å². The molecule has 142 valence electrons. The maximum absolute atomic E-state index is 12.4. The molecule has 0 fully saturated rings. The molecule has 0 spiro atoms. The van der Waals surface area contributed by atoms with Crippen LogP contribution in [0.5, 0.6) is 0 Å². The molecule has 1 aliphatic rings. The number of sulfonamides is 1. The van der Waals surface area contributed by atoms with Crippen molar-refractivity contribution in [1.29, 1.82) is 0 Å². The summed E-state index contributed by atoms with van der Waals surface area (Å²) in [4.78, 5) is 8.72. The first kappa shape index (κ1) is 18.5. The van der Waals surface area contributed by atoms with E-state index in [2.05, 4.69) is 14.7 Å². The maximum Gasteiger partial charge on any atom is 0.236 e. The Balaban J connectivity index is 1.57. The summed E-state index contributed by atoms with van der Waals surface area (Å²) in [5.74, 6) is 0.302. The van der Waals surface area contributed by atoms with E-state index in [4.69, 9.17) is 17.3 Å². The fourth-order valence-corrected chi connectivity index (χ4v) is 4.50. The van der Waals surface area contributed by atoms with Gasteiger partial charge in [-0.1, -0.05) is 48.0 Å². The molecule has 0 bridgehead atoms. The maximum atomic E-state index is 12.4. The minimum atomic E-state index is -3.55. The standard InChI is InChI=1S/C20H17ClN4O2S/c21-17-10-15(25-28(26,27)12-13-4-2-1-3-5-13)7-8-16(17)18-9-6-14-11-23-20(22)19(14)24-18/h1-10,25H,11-12H2,(H2,22,23). The summed E-state index contributed by atoms with van der Waals surface area (Å²) in [6.07, 6.45) is 0. The average Bonchev–Trinajstić information content (AvgIpc) is 3.02. The van der Waals surface area contributed by atoms with Gasteiger partial charge in [-0.05, 0) is 29.8 Å². The molecule has 2 aromatic carbocycles. The molecule has 0 atom stereocenters. The van der Waals surface area contributed by atoms with Gasteiger partial charge in [-0.2, -0.15) is 0 Å². The third kappa shape index (κ3) is 3.85. The van der Waals surface area contributed by atoms with E-state index in [1.165, 1.54) is 0 Å². The second kappa shape index (κ2) is 7.26. The van der Waals surface area contributed by atoms with E-state index < -0.39 is 10.0 Å². The fourth-order valence-electron chi connectivity index (χ4n) is 3.03. The van der Waals surface area contributed by atoms with Crippen molar-refractivity contribution in [2.45, 2.75) is 12.3 Å². The molecule has 0 unspecified atom stereocenters. The third-order valence-electron chi connectivity index (χ3n) is 4.36. The molecule has 3 aromatic rings. The first-order valence-electron chi connectivity index (χ1n) is 8.56. The van der Waals surface area contributed by atoms with Crippen molar-refractivity contribution in [2.24, 2.45) is 10.7 Å². The summed E-state index contributed by atoms with van der Waals surface area (Å²) in [5.41, 5.74) is 9.96. The van der Waals surface area contributed by atoms with Crippen molar-refractivity contribution < 1.29 is 8.42 Å². The number of pyridine rings is 1. The van der Waals surface area contributed by atoms with Crippen LogP contribution >= 0.6 is 11.6 Å². The Labute approximate surface area is 168 Å². The molecule has 1 aliphatic heterocycles. The quantitative estimate of drug-likeness (QED) is 0.669. The van der Waals surface area contributed by atoms with Gasteiger partial charge in [0.2, 0.25) is 10.0 Å². The average molecular weight is 413 g/mol. The monoisotopic (exact) mass is 412 g/mol. The molecule has 28 heavy (non-hydrogen) atoms. The van der Waals surface area contributed by atoms with Crippen LogP contribution in [0.4, 0.5) is 5.69 Å². The molecule has 0 saturated carbocycles. The highest BCUT2D eigenvalue weighted by atomic mass is 35.5. The third-order valence-corrected chi connectivity index (χ3v) is 5.93. The normalized spacial score (nSPS) is 13.1. The van der Waals surface area contributed by atoms with Crippen LogP contribution in [0.1, 0.15) is 16.8 Å². The second-order valence-electron chi connectivity index (χ2n) is 6.45. The van der Waals surface area contributed by atoms with Crippen molar-refractivity contribution in [1.82, 2.24) is 4.98 Å². The Morgan fingerprint density at radius 1 is 1.07 bits per heavy atom. The molecular formula is C20H17ClN4O2S. The lowest BCUT2D eigenvalue weighted by Gasteiger charge is -2.11. The SMILES string of the molecule is NC1=NCc2ccc(-c3ccc(NS(=O)(=O)Cc4ccccc4)cc3Cl)nc21. The molecule has 1 aromatic heterocycles. The van der Waals surface area contributed by atoms with Crippen molar-refractivity contribution in [3.8, 4) is 11.3 Å². The fraction of sp³-hybridized carbons (Fsp3) is 0.100. The Bertz CT molecular complexity index is 1180. The number of nitrogens with zero attached hydrogens (tertiary/aromatic N) is 2. The number of halogens is 1. The number of amidine groups is 1. The number of nitrogens with two attached hydrogens (primary N) is 1. The van der Waals surface area contributed by atoms with E-state index in [-0.39, 0.29) is 5.75 Å². The summed E-state index contributed by atoms with van der Waals surface area (Å²) in [5, 5.41) is 0.390. The summed E-state index contributed by atoms with van der Waals surface area (Å²) < 4.78 is 27.4. The zero-order valence-corrected chi connectivity index (χ0v) is 16.3. The van der Waals surface area contributed by atoms with E-state index in [1.54, 1.807) is 42.5 Å². The molecule has 3 N–H and O–H groups in total. The van der Waals surface area contributed by atoms with Crippen LogP contribution in [-0.4, -0.2) is 19.2 Å². The Morgan fingerprint density at radius 3 is 2.61 bits per heavy atom. The minimum absolute atomic E-state index is 0.113. The number of nitrogens with one attached hydrogen (secondary N) is 1. The zero-order valence-electron chi connectivity index (χ0n) is 14.8. The Hall–Kier alpha value is -2.90. The van der Waals surface area contributed by atoms with Gasteiger partial charge in [0.05, 0.1) is 28.7 Å². The first-order chi connectivity index (χ1) is 13.4. The molecule has 0 amide bonds. The lowest BCUT2D eigenvalue weighted by molar-refractivity contribution is 0.600. The predicted octanol–water partition coefficient (Wildman–Crippen LogP) is 3.56. The molecule has 6 nitrogen and oxygen atoms in total. The molecule has 0 saturated heterocycles. The highest BCUT2D eigenvalue weighted by Gasteiger charge is 2.17. The minimum Gasteiger partial charge on any atom is -0.382 e. The number of fused-ring (bicyclic) bond motifs is 1. The summed E-state index contributed by atoms with van der Waals surface area (Å²) in [6.45, 7) is 0.532. The van der Waals surface area contributed by atoms with Crippen molar-refractivity contribution in [3.05, 3.63) is 82.5 Å². The van der Waals surface area contributed by atoms with Crippen molar-refractivity contribution in [3.63, 3.8) is 0 Å². The van der Waals surface area contributed by atoms with Crippen LogP contribution in [0.2, 0.25) is 5.02 Å². The van der Waals surface area contributed by atoms with Crippen LogP contribution in [0.3, 0.4) is 0 Å². The zero-order chi connectivity index (χ0) is 19.7. The first-order valence-corrected chi connectivity index (χ1v) is 10.6. The van der Waals surface area contributed by atoms with Crippen LogP contribution in [0.25, 0.3) is 11.3 Å². The number of rotatable bonds is 5. The number of hydrogen-bond acceptors (Lipinski definition) is 5. The Morgan fingerprint density at radius 2 is 1.86 bits per heavy atom. The van der Waals surface area contributed by atoms with Gasteiger partial charge in [-0.25, -0.2) is 13.4 Å². The number of anilines is 1. The number of benzene rings is 2. The van der Waals surface area contributed by atoms with E-state index in [1.807, 2.05) is 18.2 Å². The number of aromatic nitrogens is 1. The van der Waals surface area contributed by atoms with E-state index in [9.17, 15) is 8.42 Å².